The Morgan fingerprint density at radius 1 is 1.14 bits per heavy atom. The summed E-state index contributed by atoms with van der Waals surface area (Å²) >= 11 is 0. The van der Waals surface area contributed by atoms with Gasteiger partial charge in [0.15, 0.2) is 0 Å². The first-order valence-electron chi connectivity index (χ1n) is 6.44. The lowest BCUT2D eigenvalue weighted by atomic mass is 10.0. The summed E-state index contributed by atoms with van der Waals surface area (Å²) in [6, 6.07) is 12.6. The largest absolute Gasteiger partial charge is 0.366 e. The van der Waals surface area contributed by atoms with Crippen molar-refractivity contribution in [3.63, 3.8) is 0 Å². The molecule has 0 aliphatic rings. The molecule has 0 aliphatic heterocycles. The van der Waals surface area contributed by atoms with Crippen LogP contribution in [0.25, 0.3) is 22.5 Å². The molecule has 2 N–H and O–H groups in total. The zero-order valence-electron chi connectivity index (χ0n) is 11.4. The number of benzene rings is 1. The molecule has 1 amide bonds. The number of nitrogens with two attached hydrogens (primary N) is 1. The van der Waals surface area contributed by atoms with Gasteiger partial charge >= 0.3 is 0 Å². The van der Waals surface area contributed by atoms with Gasteiger partial charge in [-0.3, -0.25) is 9.78 Å². The number of amides is 1. The molecule has 3 rings (SSSR count). The van der Waals surface area contributed by atoms with E-state index < -0.39 is 5.91 Å². The van der Waals surface area contributed by atoms with Crippen LogP contribution in [0.3, 0.4) is 0 Å². The Morgan fingerprint density at radius 2 is 1.90 bits per heavy atom. The van der Waals surface area contributed by atoms with E-state index in [9.17, 15) is 4.79 Å². The molecule has 104 valence electrons. The monoisotopic (exact) mass is 279 g/mol. The summed E-state index contributed by atoms with van der Waals surface area (Å²) < 4.78 is 5.30. The fraction of sp³-hybridized carbons (Fsp3) is 0.0625. The minimum Gasteiger partial charge on any atom is -0.366 e. The second-order valence-electron chi connectivity index (χ2n) is 4.62. The number of rotatable bonds is 3. The van der Waals surface area contributed by atoms with Crippen LogP contribution in [-0.4, -0.2) is 16.0 Å². The van der Waals surface area contributed by atoms with Crippen LogP contribution in [0.4, 0.5) is 0 Å². The Hall–Kier alpha value is -2.95. The van der Waals surface area contributed by atoms with Crippen molar-refractivity contribution in [3.8, 4) is 22.5 Å². The first-order chi connectivity index (χ1) is 10.2. The second-order valence-corrected chi connectivity index (χ2v) is 4.62. The Bertz CT molecular complexity index is 777. The molecule has 0 saturated heterocycles. The predicted molar refractivity (Wildman–Crippen MR) is 78.4 cm³/mol. The van der Waals surface area contributed by atoms with Gasteiger partial charge < -0.3 is 10.3 Å². The third-order valence-electron chi connectivity index (χ3n) is 3.23. The summed E-state index contributed by atoms with van der Waals surface area (Å²) in [5.41, 5.74) is 8.91. The number of carbonyl (C=O) groups excluding carboxylic acids is 1. The quantitative estimate of drug-likeness (QED) is 0.799. The molecule has 2 aromatic heterocycles. The van der Waals surface area contributed by atoms with Gasteiger partial charge in [-0.1, -0.05) is 23.4 Å². The summed E-state index contributed by atoms with van der Waals surface area (Å²) in [4.78, 5) is 15.4. The molecule has 1 aromatic carbocycles. The summed E-state index contributed by atoms with van der Waals surface area (Å²) in [6.07, 6.45) is 1.71. The van der Waals surface area contributed by atoms with Gasteiger partial charge in [-0.2, -0.15) is 0 Å². The number of pyridine rings is 1. The second kappa shape index (κ2) is 5.20. The molecule has 0 fully saturated rings. The van der Waals surface area contributed by atoms with E-state index in [4.69, 9.17) is 10.3 Å². The first kappa shape index (κ1) is 13.1. The molecule has 0 saturated carbocycles. The van der Waals surface area contributed by atoms with Gasteiger partial charge in [-0.15, -0.1) is 0 Å². The van der Waals surface area contributed by atoms with Crippen molar-refractivity contribution in [1.29, 1.82) is 0 Å². The molecule has 5 heteroatoms. The highest BCUT2D eigenvalue weighted by molar-refractivity contribution is 5.93. The third-order valence-corrected chi connectivity index (χ3v) is 3.23. The minimum absolute atomic E-state index is 0.450. The molecule has 0 radical (unpaired) electrons. The van der Waals surface area contributed by atoms with E-state index in [2.05, 4.69) is 10.1 Å². The zero-order chi connectivity index (χ0) is 14.8. The third kappa shape index (κ3) is 2.41. The maximum atomic E-state index is 11.1. The van der Waals surface area contributed by atoms with Crippen LogP contribution in [0, 0.1) is 6.92 Å². The lowest BCUT2D eigenvalue weighted by Gasteiger charge is -2.03. The molecule has 0 bridgehead atoms. The maximum absolute atomic E-state index is 11.1. The van der Waals surface area contributed by atoms with Crippen molar-refractivity contribution in [2.45, 2.75) is 6.92 Å². The molecule has 0 atom stereocenters. The minimum atomic E-state index is -0.450. The molecule has 0 unspecified atom stereocenters. The Morgan fingerprint density at radius 3 is 2.52 bits per heavy atom. The van der Waals surface area contributed by atoms with E-state index in [0.717, 1.165) is 16.8 Å². The normalized spacial score (nSPS) is 10.5. The maximum Gasteiger partial charge on any atom is 0.248 e. The van der Waals surface area contributed by atoms with Crippen LogP contribution in [0.1, 0.15) is 16.1 Å². The summed E-state index contributed by atoms with van der Waals surface area (Å²) in [5.74, 6) is 0.246. The fourth-order valence-corrected chi connectivity index (χ4v) is 2.19. The molecule has 21 heavy (non-hydrogen) atoms. The predicted octanol–water partition coefficient (Wildman–Crippen LogP) is 2.81. The van der Waals surface area contributed by atoms with E-state index in [0.29, 0.717) is 17.0 Å². The van der Waals surface area contributed by atoms with E-state index >= 15 is 0 Å². The van der Waals surface area contributed by atoms with E-state index in [-0.39, 0.29) is 0 Å². The molecular formula is C16H13N3O2. The van der Waals surface area contributed by atoms with Crippen LogP contribution < -0.4 is 5.73 Å². The highest BCUT2D eigenvalue weighted by Gasteiger charge is 2.17. The number of primary amides is 1. The first-order valence-corrected chi connectivity index (χ1v) is 6.44. The SMILES string of the molecule is Cc1onc(-c2ccccn2)c1-c1ccc(C(N)=O)cc1. The van der Waals surface area contributed by atoms with Crippen molar-refractivity contribution in [2.24, 2.45) is 5.73 Å². The van der Waals surface area contributed by atoms with Crippen molar-refractivity contribution < 1.29 is 9.32 Å². The van der Waals surface area contributed by atoms with Crippen molar-refractivity contribution >= 4 is 5.91 Å². The number of aryl methyl sites for hydroxylation is 1. The number of hydrogen-bond donors (Lipinski definition) is 1. The molecule has 3 aromatic rings. The Kier molecular flexibility index (Phi) is 3.23. The zero-order valence-corrected chi connectivity index (χ0v) is 11.4. The highest BCUT2D eigenvalue weighted by atomic mass is 16.5. The molecule has 0 spiro atoms. The summed E-state index contributed by atoms with van der Waals surface area (Å²) in [7, 11) is 0. The highest BCUT2D eigenvalue weighted by Crippen LogP contribution is 2.33. The standard InChI is InChI=1S/C16H13N3O2/c1-10-14(11-5-7-12(8-6-11)16(17)20)15(19-21-10)13-4-2-3-9-18-13/h2-9H,1H3,(H2,17,20). The van der Waals surface area contributed by atoms with Gasteiger partial charge in [-0.25, -0.2) is 0 Å². The molecular weight excluding hydrogens is 266 g/mol. The van der Waals surface area contributed by atoms with E-state index in [1.807, 2.05) is 37.3 Å². The average Bonchev–Trinajstić information content (AvgIpc) is 2.90. The Labute approximate surface area is 121 Å². The van der Waals surface area contributed by atoms with Gasteiger partial charge in [0.25, 0.3) is 0 Å². The number of hydrogen-bond acceptors (Lipinski definition) is 4. The fourth-order valence-electron chi connectivity index (χ4n) is 2.19. The number of aromatic nitrogens is 2. The van der Waals surface area contributed by atoms with Gasteiger partial charge in [0.05, 0.1) is 11.3 Å². The van der Waals surface area contributed by atoms with Gasteiger partial charge in [0.1, 0.15) is 11.5 Å². The van der Waals surface area contributed by atoms with Crippen LogP contribution in [0.15, 0.2) is 53.2 Å². The van der Waals surface area contributed by atoms with Gasteiger partial charge in [0.2, 0.25) is 5.91 Å². The van der Waals surface area contributed by atoms with E-state index in [1.165, 1.54) is 0 Å². The van der Waals surface area contributed by atoms with Gasteiger partial charge in [0, 0.05) is 11.8 Å². The lowest BCUT2D eigenvalue weighted by molar-refractivity contribution is 0.100. The van der Waals surface area contributed by atoms with Crippen molar-refractivity contribution in [2.75, 3.05) is 0 Å². The topological polar surface area (TPSA) is 82.0 Å². The number of nitrogens with zero attached hydrogens (tertiary/aromatic N) is 2. The smallest absolute Gasteiger partial charge is 0.248 e. The van der Waals surface area contributed by atoms with Crippen LogP contribution in [0.2, 0.25) is 0 Å². The molecule has 5 nitrogen and oxygen atoms in total. The van der Waals surface area contributed by atoms with E-state index in [1.54, 1.807) is 18.3 Å². The average molecular weight is 279 g/mol. The number of carbonyl (C=O) groups is 1. The molecule has 2 heterocycles. The molecule has 0 aliphatic carbocycles. The van der Waals surface area contributed by atoms with Crippen molar-refractivity contribution in [3.05, 3.63) is 60.0 Å². The van der Waals surface area contributed by atoms with Crippen LogP contribution in [-0.2, 0) is 0 Å². The van der Waals surface area contributed by atoms with Gasteiger partial charge in [-0.05, 0) is 36.8 Å². The van der Waals surface area contributed by atoms with Crippen molar-refractivity contribution in [1.82, 2.24) is 10.1 Å². The summed E-state index contributed by atoms with van der Waals surface area (Å²) in [5, 5.41) is 4.09. The summed E-state index contributed by atoms with van der Waals surface area (Å²) in [6.45, 7) is 1.84. The van der Waals surface area contributed by atoms with Crippen LogP contribution >= 0.6 is 0 Å². The Balaban J connectivity index is 2.10. The van der Waals surface area contributed by atoms with Crippen LogP contribution in [0.5, 0.6) is 0 Å². The lowest BCUT2D eigenvalue weighted by Crippen LogP contribution is -2.10.